The molecule has 0 aliphatic rings. The van der Waals surface area contributed by atoms with Crippen molar-refractivity contribution in [3.8, 4) is 0 Å². The quantitative estimate of drug-likeness (QED) is 0.604. The Morgan fingerprint density at radius 2 is 2.22 bits per heavy atom. The first-order valence-electron chi connectivity index (χ1n) is 2.74. The van der Waals surface area contributed by atoms with E-state index in [0.717, 1.165) is 12.8 Å². The molecule has 0 radical (unpaired) electrons. The zero-order valence-corrected chi connectivity index (χ0v) is 6.20. The summed E-state index contributed by atoms with van der Waals surface area (Å²) in [5, 5.41) is 10.3. The highest BCUT2D eigenvalue weighted by atomic mass is 35.5. The standard InChI is InChI=1S/C5H11NO2.ClH/c1-2-3-4-6-5(7)8;/h6H,2-4H2,1H3,(H,7,8);1H. The van der Waals surface area contributed by atoms with Crippen molar-refractivity contribution in [1.82, 2.24) is 5.32 Å². The van der Waals surface area contributed by atoms with Crippen LogP contribution in [-0.2, 0) is 0 Å². The maximum absolute atomic E-state index is 9.76. The second kappa shape index (κ2) is 7.56. The third kappa shape index (κ3) is 11.2. The molecule has 0 heterocycles. The Balaban J connectivity index is 0. The first-order chi connectivity index (χ1) is 3.77. The number of rotatable bonds is 3. The molecule has 9 heavy (non-hydrogen) atoms. The van der Waals surface area contributed by atoms with Gasteiger partial charge in [0.25, 0.3) is 0 Å². The molecule has 0 bridgehead atoms. The largest absolute Gasteiger partial charge is 0.465 e. The topological polar surface area (TPSA) is 49.3 Å². The SMILES string of the molecule is CCCCNC(=O)O.Cl. The molecule has 0 aromatic rings. The van der Waals surface area contributed by atoms with Crippen LogP contribution in [0.5, 0.6) is 0 Å². The molecule has 0 fully saturated rings. The van der Waals surface area contributed by atoms with Crippen LogP contribution in [0.4, 0.5) is 4.79 Å². The van der Waals surface area contributed by atoms with Crippen molar-refractivity contribution in [2.24, 2.45) is 0 Å². The van der Waals surface area contributed by atoms with Gasteiger partial charge in [-0.05, 0) is 6.42 Å². The minimum absolute atomic E-state index is 0. The maximum Gasteiger partial charge on any atom is 0.404 e. The van der Waals surface area contributed by atoms with Crippen LogP contribution in [0.25, 0.3) is 0 Å². The Kier molecular flexibility index (Phi) is 9.55. The number of hydrogen-bond donors (Lipinski definition) is 2. The zero-order chi connectivity index (χ0) is 6.41. The molecule has 0 atom stereocenters. The molecule has 56 valence electrons. The average molecular weight is 154 g/mol. The van der Waals surface area contributed by atoms with Gasteiger partial charge in [0.1, 0.15) is 0 Å². The van der Waals surface area contributed by atoms with E-state index in [1.807, 2.05) is 6.92 Å². The van der Waals surface area contributed by atoms with Gasteiger partial charge in [0.2, 0.25) is 0 Å². The third-order valence-electron chi connectivity index (χ3n) is 0.807. The Hall–Kier alpha value is -0.440. The van der Waals surface area contributed by atoms with E-state index in [1.54, 1.807) is 0 Å². The lowest BCUT2D eigenvalue weighted by molar-refractivity contribution is 0.194. The van der Waals surface area contributed by atoms with Crippen LogP contribution in [0.15, 0.2) is 0 Å². The van der Waals surface area contributed by atoms with Gasteiger partial charge in [-0.3, -0.25) is 0 Å². The molecule has 2 N–H and O–H groups in total. The van der Waals surface area contributed by atoms with E-state index < -0.39 is 6.09 Å². The van der Waals surface area contributed by atoms with Crippen molar-refractivity contribution in [3.63, 3.8) is 0 Å². The Morgan fingerprint density at radius 3 is 2.56 bits per heavy atom. The third-order valence-corrected chi connectivity index (χ3v) is 0.807. The fraction of sp³-hybridized carbons (Fsp3) is 0.800. The number of nitrogens with one attached hydrogen (secondary N) is 1. The highest BCUT2D eigenvalue weighted by Gasteiger charge is 1.88. The smallest absolute Gasteiger partial charge is 0.404 e. The summed E-state index contributed by atoms with van der Waals surface area (Å²) < 4.78 is 0. The predicted octanol–water partition coefficient (Wildman–Crippen LogP) is 1.48. The summed E-state index contributed by atoms with van der Waals surface area (Å²) in [5.41, 5.74) is 0. The number of carbonyl (C=O) groups is 1. The van der Waals surface area contributed by atoms with Gasteiger partial charge in [0.15, 0.2) is 0 Å². The van der Waals surface area contributed by atoms with Crippen LogP contribution in [0.2, 0.25) is 0 Å². The number of carboxylic acid groups (broad SMARTS) is 1. The monoisotopic (exact) mass is 153 g/mol. The first-order valence-corrected chi connectivity index (χ1v) is 2.74. The predicted molar refractivity (Wildman–Crippen MR) is 38.2 cm³/mol. The van der Waals surface area contributed by atoms with Gasteiger partial charge >= 0.3 is 6.09 Å². The van der Waals surface area contributed by atoms with Crippen LogP contribution in [-0.4, -0.2) is 17.7 Å². The molecule has 0 aromatic carbocycles. The Morgan fingerprint density at radius 1 is 1.67 bits per heavy atom. The molecule has 0 spiro atoms. The first kappa shape index (κ1) is 11.4. The van der Waals surface area contributed by atoms with Crippen molar-refractivity contribution < 1.29 is 9.90 Å². The van der Waals surface area contributed by atoms with Crippen LogP contribution in [0, 0.1) is 0 Å². The van der Waals surface area contributed by atoms with Gasteiger partial charge in [0.05, 0.1) is 0 Å². The molecule has 0 aliphatic heterocycles. The van der Waals surface area contributed by atoms with Crippen molar-refractivity contribution >= 4 is 18.5 Å². The zero-order valence-electron chi connectivity index (χ0n) is 5.39. The molecule has 4 heteroatoms. The maximum atomic E-state index is 9.76. The number of amides is 1. The van der Waals surface area contributed by atoms with E-state index in [9.17, 15) is 4.79 Å². The van der Waals surface area contributed by atoms with Gasteiger partial charge < -0.3 is 10.4 Å². The Labute approximate surface area is 60.9 Å². The average Bonchev–Trinajstić information content (AvgIpc) is 1.66. The molecule has 0 rings (SSSR count). The van der Waals surface area contributed by atoms with E-state index in [-0.39, 0.29) is 12.4 Å². The molecular formula is C5H12ClNO2. The highest BCUT2D eigenvalue weighted by molar-refractivity contribution is 5.85. The van der Waals surface area contributed by atoms with Crippen LogP contribution < -0.4 is 5.32 Å². The molecule has 0 aliphatic carbocycles. The summed E-state index contributed by atoms with van der Waals surface area (Å²) in [6.45, 7) is 2.59. The number of unbranched alkanes of at least 4 members (excludes halogenated alkanes) is 1. The summed E-state index contributed by atoms with van der Waals surface area (Å²) in [5.74, 6) is 0. The van der Waals surface area contributed by atoms with E-state index >= 15 is 0 Å². The lowest BCUT2D eigenvalue weighted by Gasteiger charge is -1.94. The normalized spacial score (nSPS) is 7.67. The summed E-state index contributed by atoms with van der Waals surface area (Å²) >= 11 is 0. The van der Waals surface area contributed by atoms with Gasteiger partial charge in [-0.25, -0.2) is 4.79 Å². The van der Waals surface area contributed by atoms with Gasteiger partial charge in [-0.1, -0.05) is 13.3 Å². The fourth-order valence-electron chi connectivity index (χ4n) is 0.372. The summed E-state index contributed by atoms with van der Waals surface area (Å²) in [4.78, 5) is 9.76. The summed E-state index contributed by atoms with van der Waals surface area (Å²) in [7, 11) is 0. The van der Waals surface area contributed by atoms with Gasteiger partial charge in [-0.2, -0.15) is 0 Å². The number of hydrogen-bond acceptors (Lipinski definition) is 1. The summed E-state index contributed by atoms with van der Waals surface area (Å²) in [6, 6.07) is 0. The molecule has 1 amide bonds. The molecular weight excluding hydrogens is 142 g/mol. The highest BCUT2D eigenvalue weighted by Crippen LogP contribution is 1.80. The minimum atomic E-state index is -0.932. The molecule has 0 unspecified atom stereocenters. The van der Waals surface area contributed by atoms with Crippen molar-refractivity contribution in [2.75, 3.05) is 6.54 Å². The lowest BCUT2D eigenvalue weighted by atomic mass is 10.3. The van der Waals surface area contributed by atoms with Gasteiger partial charge in [0, 0.05) is 6.54 Å². The number of halogens is 1. The fourth-order valence-corrected chi connectivity index (χ4v) is 0.372. The van der Waals surface area contributed by atoms with E-state index in [1.165, 1.54) is 0 Å². The second-order valence-electron chi connectivity index (χ2n) is 1.59. The van der Waals surface area contributed by atoms with Crippen molar-refractivity contribution in [3.05, 3.63) is 0 Å². The molecule has 3 nitrogen and oxygen atoms in total. The van der Waals surface area contributed by atoms with Crippen molar-refractivity contribution in [1.29, 1.82) is 0 Å². The molecule has 0 saturated carbocycles. The van der Waals surface area contributed by atoms with Crippen molar-refractivity contribution in [2.45, 2.75) is 19.8 Å². The van der Waals surface area contributed by atoms with Crippen LogP contribution >= 0.6 is 12.4 Å². The second-order valence-corrected chi connectivity index (χ2v) is 1.59. The van der Waals surface area contributed by atoms with E-state index in [2.05, 4.69) is 5.32 Å². The van der Waals surface area contributed by atoms with Gasteiger partial charge in [-0.15, -0.1) is 12.4 Å². The van der Waals surface area contributed by atoms with Crippen LogP contribution in [0.3, 0.4) is 0 Å². The summed E-state index contributed by atoms with van der Waals surface area (Å²) in [6.07, 6.45) is 1.02. The van der Waals surface area contributed by atoms with E-state index in [4.69, 9.17) is 5.11 Å². The molecule has 0 saturated heterocycles. The van der Waals surface area contributed by atoms with Crippen LogP contribution in [0.1, 0.15) is 19.8 Å². The molecule has 0 aromatic heterocycles. The van der Waals surface area contributed by atoms with E-state index in [0.29, 0.717) is 6.54 Å². The minimum Gasteiger partial charge on any atom is -0.465 e. The Bertz CT molecular complexity index is 77.4. The lowest BCUT2D eigenvalue weighted by Crippen LogP contribution is -2.21.